The summed E-state index contributed by atoms with van der Waals surface area (Å²) in [4.78, 5) is 10.9. The highest BCUT2D eigenvalue weighted by Gasteiger charge is 2.32. The van der Waals surface area contributed by atoms with Gasteiger partial charge in [0.2, 0.25) is 6.43 Å². The molecule has 2 rings (SSSR count). The summed E-state index contributed by atoms with van der Waals surface area (Å²) in [6.45, 7) is 1.75. The highest BCUT2D eigenvalue weighted by Crippen LogP contribution is 2.39. The van der Waals surface area contributed by atoms with E-state index >= 15 is 0 Å². The fraction of sp³-hybridized carbons (Fsp3) is 0.462. The average molecular weight is 240 g/mol. The number of benzene rings is 1. The minimum absolute atomic E-state index is 0.172. The summed E-state index contributed by atoms with van der Waals surface area (Å²) < 4.78 is 25.6. The van der Waals surface area contributed by atoms with Crippen LogP contribution in [0.4, 0.5) is 8.78 Å². The van der Waals surface area contributed by atoms with Gasteiger partial charge in [0.25, 0.3) is 0 Å². The van der Waals surface area contributed by atoms with Crippen LogP contribution in [0.25, 0.3) is 0 Å². The molecule has 0 saturated carbocycles. The van der Waals surface area contributed by atoms with Gasteiger partial charge < -0.3 is 5.11 Å². The molecule has 1 N–H and O–H groups in total. The molecule has 1 aromatic rings. The zero-order valence-corrected chi connectivity index (χ0v) is 9.49. The Labute approximate surface area is 98.3 Å². The first kappa shape index (κ1) is 12.0. The number of aryl methyl sites for hydroxylation is 1. The van der Waals surface area contributed by atoms with Gasteiger partial charge in [0, 0.05) is 5.92 Å². The minimum Gasteiger partial charge on any atom is -0.478 e. The quantitative estimate of drug-likeness (QED) is 0.861. The van der Waals surface area contributed by atoms with E-state index in [1.165, 1.54) is 12.1 Å². The molecule has 0 heterocycles. The Morgan fingerprint density at radius 1 is 1.47 bits per heavy atom. The number of hydrogen-bond donors (Lipinski definition) is 1. The maximum Gasteiger partial charge on any atom is 0.335 e. The number of halogens is 2. The molecular weight excluding hydrogens is 226 g/mol. The third kappa shape index (κ3) is 2.16. The molecule has 0 bridgehead atoms. The van der Waals surface area contributed by atoms with Crippen molar-refractivity contribution in [1.82, 2.24) is 0 Å². The molecule has 0 amide bonds. The molecule has 2 atom stereocenters. The van der Waals surface area contributed by atoms with Crippen LogP contribution in [0.15, 0.2) is 18.2 Å². The molecule has 0 aromatic heterocycles. The molecule has 2 unspecified atom stereocenters. The molecule has 0 fully saturated rings. The number of aromatic carboxylic acids is 1. The first-order valence-corrected chi connectivity index (χ1v) is 5.65. The van der Waals surface area contributed by atoms with E-state index < -0.39 is 18.3 Å². The molecule has 4 heteroatoms. The Morgan fingerprint density at radius 2 is 2.18 bits per heavy atom. The summed E-state index contributed by atoms with van der Waals surface area (Å²) >= 11 is 0. The maximum absolute atomic E-state index is 12.8. The predicted octanol–water partition coefficient (Wildman–Crippen LogP) is 3.32. The van der Waals surface area contributed by atoms with Gasteiger partial charge in [0.15, 0.2) is 0 Å². The number of carbonyl (C=O) groups is 1. The molecule has 0 spiro atoms. The van der Waals surface area contributed by atoms with Crippen LogP contribution in [0.2, 0.25) is 0 Å². The summed E-state index contributed by atoms with van der Waals surface area (Å²) in [5, 5.41) is 8.90. The molecular formula is C13H14F2O2. The zero-order chi connectivity index (χ0) is 12.6. The van der Waals surface area contributed by atoms with E-state index in [9.17, 15) is 13.6 Å². The van der Waals surface area contributed by atoms with Gasteiger partial charge in [0.1, 0.15) is 0 Å². The number of carboxylic acid groups (broad SMARTS) is 1. The molecule has 92 valence electrons. The molecule has 1 aromatic carbocycles. The summed E-state index contributed by atoms with van der Waals surface area (Å²) in [7, 11) is 0. The van der Waals surface area contributed by atoms with E-state index in [4.69, 9.17) is 5.11 Å². The highest BCUT2D eigenvalue weighted by molar-refractivity contribution is 5.88. The van der Waals surface area contributed by atoms with E-state index in [1.54, 1.807) is 13.0 Å². The second-order valence-corrected chi connectivity index (χ2v) is 4.54. The van der Waals surface area contributed by atoms with Crippen molar-refractivity contribution in [3.8, 4) is 0 Å². The Morgan fingerprint density at radius 3 is 2.76 bits per heavy atom. The number of fused-ring (bicyclic) bond motifs is 1. The number of rotatable bonds is 2. The van der Waals surface area contributed by atoms with Crippen LogP contribution in [0.1, 0.15) is 40.7 Å². The van der Waals surface area contributed by atoms with Crippen LogP contribution in [0, 0.1) is 5.92 Å². The van der Waals surface area contributed by atoms with Crippen molar-refractivity contribution in [1.29, 1.82) is 0 Å². The highest BCUT2D eigenvalue weighted by atomic mass is 19.3. The van der Waals surface area contributed by atoms with Crippen LogP contribution in [-0.2, 0) is 6.42 Å². The van der Waals surface area contributed by atoms with Crippen molar-refractivity contribution in [3.05, 3.63) is 34.9 Å². The summed E-state index contributed by atoms with van der Waals surface area (Å²) in [5.41, 5.74) is 1.94. The van der Waals surface area contributed by atoms with Gasteiger partial charge in [-0.05, 0) is 42.0 Å². The fourth-order valence-corrected chi connectivity index (χ4v) is 2.53. The van der Waals surface area contributed by atoms with Gasteiger partial charge in [0.05, 0.1) is 5.56 Å². The summed E-state index contributed by atoms with van der Waals surface area (Å²) in [6.07, 6.45) is -1.26. The van der Waals surface area contributed by atoms with Crippen LogP contribution in [0.5, 0.6) is 0 Å². The van der Waals surface area contributed by atoms with E-state index in [-0.39, 0.29) is 11.5 Å². The van der Waals surface area contributed by atoms with E-state index in [2.05, 4.69) is 0 Å². The molecule has 1 aliphatic carbocycles. The van der Waals surface area contributed by atoms with Crippen LogP contribution >= 0.6 is 0 Å². The topological polar surface area (TPSA) is 37.3 Å². The largest absolute Gasteiger partial charge is 0.478 e. The van der Waals surface area contributed by atoms with Gasteiger partial charge in [-0.25, -0.2) is 13.6 Å². The second kappa shape index (κ2) is 4.43. The molecule has 0 saturated heterocycles. The van der Waals surface area contributed by atoms with Crippen LogP contribution in [-0.4, -0.2) is 17.5 Å². The van der Waals surface area contributed by atoms with Crippen LogP contribution in [0.3, 0.4) is 0 Å². The first-order valence-electron chi connectivity index (χ1n) is 5.65. The van der Waals surface area contributed by atoms with Gasteiger partial charge in [-0.1, -0.05) is 13.0 Å². The Balaban J connectivity index is 2.39. The van der Waals surface area contributed by atoms with Gasteiger partial charge >= 0.3 is 5.97 Å². The lowest BCUT2D eigenvalue weighted by atomic mass is 9.76. The molecule has 1 aliphatic rings. The smallest absolute Gasteiger partial charge is 0.335 e. The molecule has 2 nitrogen and oxygen atoms in total. The Kier molecular flexibility index (Phi) is 3.13. The standard InChI is InChI=1S/C13H14F2O2/c1-7-10(12(14)15)5-4-8-2-3-9(13(16)17)6-11(7)8/h2-3,6-7,10,12H,4-5H2,1H3,(H,16,17). The Hall–Kier alpha value is -1.45. The van der Waals surface area contributed by atoms with E-state index in [0.29, 0.717) is 12.8 Å². The van der Waals surface area contributed by atoms with Crippen molar-refractivity contribution >= 4 is 5.97 Å². The van der Waals surface area contributed by atoms with Crippen molar-refractivity contribution in [2.24, 2.45) is 5.92 Å². The van der Waals surface area contributed by atoms with E-state index in [1.807, 2.05) is 0 Å². The van der Waals surface area contributed by atoms with Crippen molar-refractivity contribution < 1.29 is 18.7 Å². The fourth-order valence-electron chi connectivity index (χ4n) is 2.53. The third-order valence-electron chi connectivity index (χ3n) is 3.60. The number of alkyl halides is 2. The second-order valence-electron chi connectivity index (χ2n) is 4.54. The molecule has 17 heavy (non-hydrogen) atoms. The minimum atomic E-state index is -2.34. The normalized spacial score (nSPS) is 23.5. The monoisotopic (exact) mass is 240 g/mol. The van der Waals surface area contributed by atoms with Crippen LogP contribution < -0.4 is 0 Å². The average Bonchev–Trinajstić information content (AvgIpc) is 2.28. The first-order chi connectivity index (χ1) is 8.00. The number of hydrogen-bond acceptors (Lipinski definition) is 1. The lowest BCUT2D eigenvalue weighted by Gasteiger charge is -2.30. The van der Waals surface area contributed by atoms with Crippen molar-refractivity contribution in [2.45, 2.75) is 32.1 Å². The van der Waals surface area contributed by atoms with Crippen molar-refractivity contribution in [3.63, 3.8) is 0 Å². The number of carboxylic acids is 1. The zero-order valence-electron chi connectivity index (χ0n) is 9.49. The van der Waals surface area contributed by atoms with E-state index in [0.717, 1.165) is 11.1 Å². The van der Waals surface area contributed by atoms with Crippen molar-refractivity contribution in [2.75, 3.05) is 0 Å². The van der Waals surface area contributed by atoms with Gasteiger partial charge in [-0.3, -0.25) is 0 Å². The SMILES string of the molecule is CC1c2cc(C(=O)O)ccc2CCC1C(F)F. The molecule has 0 aliphatic heterocycles. The summed E-state index contributed by atoms with van der Waals surface area (Å²) in [5.74, 6) is -1.95. The lowest BCUT2D eigenvalue weighted by Crippen LogP contribution is -2.24. The van der Waals surface area contributed by atoms with Gasteiger partial charge in [-0.15, -0.1) is 0 Å². The molecule has 0 radical (unpaired) electrons. The lowest BCUT2D eigenvalue weighted by molar-refractivity contribution is 0.0563. The predicted molar refractivity (Wildman–Crippen MR) is 59.6 cm³/mol. The van der Waals surface area contributed by atoms with Gasteiger partial charge in [-0.2, -0.15) is 0 Å². The third-order valence-corrected chi connectivity index (χ3v) is 3.60. The maximum atomic E-state index is 12.8. The summed E-state index contributed by atoms with van der Waals surface area (Å²) in [6, 6.07) is 4.82. The Bertz CT molecular complexity index is 443.